The van der Waals surface area contributed by atoms with E-state index in [0.29, 0.717) is 0 Å². The highest BCUT2D eigenvalue weighted by molar-refractivity contribution is 6.09. The Bertz CT molecular complexity index is 2420. The molecule has 46 heavy (non-hydrogen) atoms. The molecule has 0 aliphatic heterocycles. The lowest BCUT2D eigenvalue weighted by Gasteiger charge is -2.27. The van der Waals surface area contributed by atoms with Crippen LogP contribution in [0.3, 0.4) is 0 Å². The Labute approximate surface area is 268 Å². The molecule has 0 atom stereocenters. The van der Waals surface area contributed by atoms with Gasteiger partial charge in [-0.2, -0.15) is 0 Å². The first kappa shape index (κ1) is 26.3. The van der Waals surface area contributed by atoms with E-state index < -0.39 is 0 Å². The molecule has 2 nitrogen and oxygen atoms in total. The lowest BCUT2D eigenvalue weighted by atomic mass is 10.0. The normalized spacial score (nSPS) is 11.5. The maximum Gasteiger partial charge on any atom is 0.0541 e. The predicted molar refractivity (Wildman–Crippen MR) is 196 cm³/mol. The second-order valence-corrected chi connectivity index (χ2v) is 11.9. The van der Waals surface area contributed by atoms with E-state index in [4.69, 9.17) is 0 Å². The second-order valence-electron chi connectivity index (χ2n) is 11.9. The van der Waals surface area contributed by atoms with Crippen molar-refractivity contribution in [3.05, 3.63) is 182 Å². The van der Waals surface area contributed by atoms with Crippen LogP contribution in [0.15, 0.2) is 182 Å². The molecule has 9 aromatic rings. The van der Waals surface area contributed by atoms with Crippen molar-refractivity contribution in [1.82, 2.24) is 4.57 Å². The van der Waals surface area contributed by atoms with Crippen LogP contribution in [-0.4, -0.2) is 4.57 Å². The molecule has 0 saturated heterocycles. The summed E-state index contributed by atoms with van der Waals surface area (Å²) >= 11 is 0. The largest absolute Gasteiger partial charge is 0.310 e. The molecule has 216 valence electrons. The van der Waals surface area contributed by atoms with Crippen LogP contribution < -0.4 is 4.90 Å². The number of para-hydroxylation sites is 2. The molecular formula is C44H30N2. The second kappa shape index (κ2) is 10.8. The number of rotatable bonds is 5. The number of fused-ring (bicyclic) bond motifs is 5. The van der Waals surface area contributed by atoms with Crippen LogP contribution in [0.2, 0.25) is 0 Å². The summed E-state index contributed by atoms with van der Waals surface area (Å²) in [4.78, 5) is 2.37. The molecule has 0 radical (unpaired) electrons. The number of benzene rings is 8. The molecule has 0 amide bonds. The van der Waals surface area contributed by atoms with E-state index in [-0.39, 0.29) is 0 Å². The molecule has 1 heterocycles. The fraction of sp³-hybridized carbons (Fsp3) is 0. The molecule has 0 fully saturated rings. The van der Waals surface area contributed by atoms with E-state index in [1.807, 2.05) is 0 Å². The van der Waals surface area contributed by atoms with Crippen molar-refractivity contribution in [2.45, 2.75) is 0 Å². The molecule has 9 rings (SSSR count). The van der Waals surface area contributed by atoms with Crippen LogP contribution in [0.4, 0.5) is 17.1 Å². The average molecular weight is 587 g/mol. The van der Waals surface area contributed by atoms with Crippen LogP contribution in [0.5, 0.6) is 0 Å². The number of hydrogen-bond donors (Lipinski definition) is 0. The minimum Gasteiger partial charge on any atom is -0.310 e. The Hall–Kier alpha value is -6.12. The zero-order valence-corrected chi connectivity index (χ0v) is 25.2. The molecule has 1 aromatic heterocycles. The zero-order chi connectivity index (χ0) is 30.5. The Morgan fingerprint density at radius 2 is 0.804 bits per heavy atom. The maximum absolute atomic E-state index is 2.38. The van der Waals surface area contributed by atoms with Crippen molar-refractivity contribution in [2.24, 2.45) is 0 Å². The lowest BCUT2D eigenvalue weighted by molar-refractivity contribution is 1.18. The van der Waals surface area contributed by atoms with Crippen molar-refractivity contribution in [3.63, 3.8) is 0 Å². The highest BCUT2D eigenvalue weighted by Gasteiger charge is 2.16. The maximum atomic E-state index is 2.38. The van der Waals surface area contributed by atoms with Gasteiger partial charge in [0, 0.05) is 33.5 Å². The van der Waals surface area contributed by atoms with Crippen molar-refractivity contribution in [1.29, 1.82) is 0 Å². The molecule has 0 unspecified atom stereocenters. The van der Waals surface area contributed by atoms with E-state index in [2.05, 4.69) is 191 Å². The first-order valence-electron chi connectivity index (χ1n) is 15.8. The van der Waals surface area contributed by atoms with Crippen LogP contribution in [0.1, 0.15) is 0 Å². The lowest BCUT2D eigenvalue weighted by Crippen LogP contribution is -2.10. The quantitative estimate of drug-likeness (QED) is 0.195. The third kappa shape index (κ3) is 4.43. The summed E-state index contributed by atoms with van der Waals surface area (Å²) < 4.78 is 2.38. The van der Waals surface area contributed by atoms with E-state index in [1.165, 1.54) is 54.5 Å². The van der Waals surface area contributed by atoms with Gasteiger partial charge in [-0.1, -0.05) is 121 Å². The number of nitrogens with zero attached hydrogens (tertiary/aromatic N) is 2. The highest BCUT2D eigenvalue weighted by Crippen LogP contribution is 2.39. The first-order chi connectivity index (χ1) is 22.8. The summed E-state index contributed by atoms with van der Waals surface area (Å²) in [6, 6.07) is 65.8. The Kier molecular flexibility index (Phi) is 6.17. The van der Waals surface area contributed by atoms with Crippen molar-refractivity contribution >= 4 is 60.4 Å². The van der Waals surface area contributed by atoms with E-state index in [0.717, 1.165) is 22.7 Å². The van der Waals surface area contributed by atoms with Gasteiger partial charge in [0.2, 0.25) is 0 Å². The van der Waals surface area contributed by atoms with Gasteiger partial charge in [-0.25, -0.2) is 0 Å². The molecule has 0 aliphatic carbocycles. The summed E-state index contributed by atoms with van der Waals surface area (Å²) in [5.74, 6) is 0. The summed E-state index contributed by atoms with van der Waals surface area (Å²) in [5, 5.41) is 7.46. The third-order valence-electron chi connectivity index (χ3n) is 9.10. The van der Waals surface area contributed by atoms with Crippen molar-refractivity contribution < 1.29 is 0 Å². The Morgan fingerprint density at radius 3 is 1.41 bits per heavy atom. The summed E-state index contributed by atoms with van der Waals surface area (Å²) in [6.07, 6.45) is 0. The van der Waals surface area contributed by atoms with Crippen molar-refractivity contribution in [2.75, 3.05) is 4.90 Å². The summed E-state index contributed by atoms with van der Waals surface area (Å²) in [5.41, 5.74) is 9.31. The van der Waals surface area contributed by atoms with E-state index in [1.54, 1.807) is 0 Å². The van der Waals surface area contributed by atoms with Gasteiger partial charge in [0.15, 0.2) is 0 Å². The van der Waals surface area contributed by atoms with Gasteiger partial charge >= 0.3 is 0 Å². The van der Waals surface area contributed by atoms with Crippen molar-refractivity contribution in [3.8, 4) is 16.8 Å². The number of aromatic nitrogens is 1. The van der Waals surface area contributed by atoms with Gasteiger partial charge < -0.3 is 9.47 Å². The van der Waals surface area contributed by atoms with Gasteiger partial charge in [0.25, 0.3) is 0 Å². The number of hydrogen-bond acceptors (Lipinski definition) is 1. The smallest absolute Gasteiger partial charge is 0.0541 e. The fourth-order valence-electron chi connectivity index (χ4n) is 6.93. The summed E-state index contributed by atoms with van der Waals surface area (Å²) in [6.45, 7) is 0. The molecule has 0 aliphatic rings. The molecule has 0 spiro atoms. The molecule has 2 heteroatoms. The van der Waals surface area contributed by atoms with Gasteiger partial charge in [0.1, 0.15) is 0 Å². The fourth-order valence-corrected chi connectivity index (χ4v) is 6.93. The van der Waals surface area contributed by atoms with Gasteiger partial charge in [-0.05, 0) is 93.3 Å². The average Bonchev–Trinajstić information content (AvgIpc) is 3.46. The monoisotopic (exact) mass is 586 g/mol. The minimum atomic E-state index is 1.12. The minimum absolute atomic E-state index is 1.12. The first-order valence-corrected chi connectivity index (χ1v) is 15.8. The molecule has 8 aromatic carbocycles. The van der Waals surface area contributed by atoms with Gasteiger partial charge in [-0.15, -0.1) is 0 Å². The van der Waals surface area contributed by atoms with Gasteiger partial charge in [-0.3, -0.25) is 0 Å². The Balaban J connectivity index is 1.20. The topological polar surface area (TPSA) is 8.17 Å². The molecule has 0 saturated carbocycles. The number of anilines is 3. The molecule has 0 bridgehead atoms. The summed E-state index contributed by atoms with van der Waals surface area (Å²) in [7, 11) is 0. The standard InChI is InChI=1S/C44H30N2/c1-3-13-33-27-39(25-23-31(33)11-1)45(40-26-24-32-12-2-4-14-34(32)28-40)37-17-9-15-35(29-37)36-16-10-18-38(30-36)46-43-21-7-5-19-41(43)42-20-6-8-22-44(42)46/h1-30H. The van der Waals surface area contributed by atoms with Crippen LogP contribution in [0, 0.1) is 0 Å². The third-order valence-corrected chi connectivity index (χ3v) is 9.10. The zero-order valence-electron chi connectivity index (χ0n) is 25.2. The van der Waals surface area contributed by atoms with E-state index in [9.17, 15) is 0 Å². The van der Waals surface area contributed by atoms with Crippen LogP contribution in [0.25, 0.3) is 60.2 Å². The van der Waals surface area contributed by atoms with Crippen LogP contribution >= 0.6 is 0 Å². The van der Waals surface area contributed by atoms with Gasteiger partial charge in [0.05, 0.1) is 11.0 Å². The molecular weight excluding hydrogens is 556 g/mol. The highest BCUT2D eigenvalue weighted by atomic mass is 15.1. The van der Waals surface area contributed by atoms with Crippen LogP contribution in [-0.2, 0) is 0 Å². The van der Waals surface area contributed by atoms with E-state index >= 15 is 0 Å². The SMILES string of the molecule is c1cc(-c2cccc(-n3c4ccccc4c4ccccc43)c2)cc(N(c2ccc3ccccc3c2)c2ccc3ccccc3c2)c1. The molecule has 0 N–H and O–H groups in total. The Morgan fingerprint density at radius 1 is 0.326 bits per heavy atom. The predicted octanol–water partition coefficient (Wildman–Crippen LogP) is 12.2.